The summed E-state index contributed by atoms with van der Waals surface area (Å²) in [5.41, 5.74) is 0.234. The Labute approximate surface area is 118 Å². The van der Waals surface area contributed by atoms with Gasteiger partial charge in [-0.25, -0.2) is 13.2 Å². The first kappa shape index (κ1) is 15.3. The Morgan fingerprint density at radius 2 is 1.75 bits per heavy atom. The Morgan fingerprint density at radius 3 is 2.40 bits per heavy atom. The minimum absolute atomic E-state index is 0.234. The Morgan fingerprint density at radius 1 is 1.10 bits per heavy atom. The number of halogens is 3. The highest BCUT2D eigenvalue weighted by atomic mass is 19.2. The van der Waals surface area contributed by atoms with Crippen molar-refractivity contribution in [2.45, 2.75) is 25.8 Å². The second-order valence-electron chi connectivity index (χ2n) is 5.47. The molecule has 0 aliphatic carbocycles. The SMILES string of the molecule is CNCCC1CCN(Cc2cc(F)c(F)cc2F)CC1. The molecule has 0 bridgehead atoms. The molecule has 0 amide bonds. The van der Waals surface area contributed by atoms with Crippen LogP contribution in [0.5, 0.6) is 0 Å². The first-order valence-corrected chi connectivity index (χ1v) is 7.10. The topological polar surface area (TPSA) is 15.3 Å². The molecular weight excluding hydrogens is 265 g/mol. The molecule has 2 rings (SSSR count). The number of hydrogen-bond acceptors (Lipinski definition) is 2. The van der Waals surface area contributed by atoms with Gasteiger partial charge in [0.25, 0.3) is 0 Å². The predicted molar refractivity (Wildman–Crippen MR) is 72.9 cm³/mol. The van der Waals surface area contributed by atoms with E-state index >= 15 is 0 Å². The van der Waals surface area contributed by atoms with Gasteiger partial charge in [-0.2, -0.15) is 0 Å². The van der Waals surface area contributed by atoms with Gasteiger partial charge in [0.15, 0.2) is 11.6 Å². The Hall–Kier alpha value is -1.07. The third kappa shape index (κ3) is 3.96. The molecule has 1 aliphatic rings. The highest BCUT2D eigenvalue weighted by Gasteiger charge is 2.20. The second-order valence-corrected chi connectivity index (χ2v) is 5.47. The number of rotatable bonds is 5. The molecule has 0 unspecified atom stereocenters. The van der Waals surface area contributed by atoms with E-state index in [1.165, 1.54) is 0 Å². The molecule has 1 saturated heterocycles. The third-order valence-electron chi connectivity index (χ3n) is 3.99. The van der Waals surface area contributed by atoms with Crippen molar-refractivity contribution in [2.24, 2.45) is 5.92 Å². The number of benzene rings is 1. The zero-order chi connectivity index (χ0) is 14.5. The van der Waals surface area contributed by atoms with Crippen LogP contribution >= 0.6 is 0 Å². The van der Waals surface area contributed by atoms with E-state index in [1.807, 2.05) is 7.05 Å². The van der Waals surface area contributed by atoms with Crippen molar-refractivity contribution in [3.8, 4) is 0 Å². The number of nitrogens with zero attached hydrogens (tertiary/aromatic N) is 1. The predicted octanol–water partition coefficient (Wildman–Crippen LogP) is 2.93. The zero-order valence-electron chi connectivity index (χ0n) is 11.8. The van der Waals surface area contributed by atoms with Crippen molar-refractivity contribution in [3.05, 3.63) is 35.1 Å². The van der Waals surface area contributed by atoms with Gasteiger partial charge >= 0.3 is 0 Å². The summed E-state index contributed by atoms with van der Waals surface area (Å²) in [7, 11) is 1.95. The molecule has 1 aliphatic heterocycles. The molecule has 1 heterocycles. The normalized spacial score (nSPS) is 17.6. The van der Waals surface area contributed by atoms with E-state index in [4.69, 9.17) is 0 Å². The molecule has 0 spiro atoms. The maximum atomic E-state index is 13.6. The molecule has 1 N–H and O–H groups in total. The molecule has 1 aromatic carbocycles. The Bertz CT molecular complexity index is 443. The van der Waals surface area contributed by atoms with Crippen LogP contribution < -0.4 is 5.32 Å². The lowest BCUT2D eigenvalue weighted by Crippen LogP contribution is -2.34. The molecule has 0 atom stereocenters. The number of nitrogens with one attached hydrogen (secondary N) is 1. The monoisotopic (exact) mass is 286 g/mol. The van der Waals surface area contributed by atoms with Gasteiger partial charge in [0.05, 0.1) is 0 Å². The van der Waals surface area contributed by atoms with Crippen molar-refractivity contribution in [2.75, 3.05) is 26.7 Å². The average Bonchev–Trinajstić information content (AvgIpc) is 2.44. The fourth-order valence-corrected chi connectivity index (χ4v) is 2.71. The summed E-state index contributed by atoms with van der Waals surface area (Å²) in [6.45, 7) is 3.13. The number of likely N-dealkylation sites (tertiary alicyclic amines) is 1. The van der Waals surface area contributed by atoms with Gasteiger partial charge in [-0.15, -0.1) is 0 Å². The van der Waals surface area contributed by atoms with Gasteiger partial charge in [0, 0.05) is 18.2 Å². The summed E-state index contributed by atoms with van der Waals surface area (Å²) < 4.78 is 39.6. The molecule has 112 valence electrons. The van der Waals surface area contributed by atoms with Gasteiger partial charge in [-0.1, -0.05) is 0 Å². The van der Waals surface area contributed by atoms with Crippen molar-refractivity contribution < 1.29 is 13.2 Å². The van der Waals surface area contributed by atoms with Crippen LogP contribution in [0.25, 0.3) is 0 Å². The molecule has 0 aromatic heterocycles. The minimum atomic E-state index is -1.13. The summed E-state index contributed by atoms with van der Waals surface area (Å²) in [5, 5.41) is 3.14. The van der Waals surface area contributed by atoms with E-state index < -0.39 is 17.5 Å². The van der Waals surface area contributed by atoms with Crippen LogP contribution in [0.1, 0.15) is 24.8 Å². The number of piperidine rings is 1. The lowest BCUT2D eigenvalue weighted by atomic mass is 9.93. The van der Waals surface area contributed by atoms with Crippen molar-refractivity contribution in [1.82, 2.24) is 10.2 Å². The molecule has 1 fully saturated rings. The molecule has 20 heavy (non-hydrogen) atoms. The van der Waals surface area contributed by atoms with Crippen molar-refractivity contribution in [3.63, 3.8) is 0 Å². The van der Waals surface area contributed by atoms with Crippen LogP contribution in [-0.2, 0) is 6.54 Å². The molecule has 1 aromatic rings. The van der Waals surface area contributed by atoms with Gasteiger partial charge in [-0.3, -0.25) is 4.90 Å². The van der Waals surface area contributed by atoms with Crippen LogP contribution in [-0.4, -0.2) is 31.6 Å². The standard InChI is InChI=1S/C15H21F3N2/c1-19-5-2-11-3-6-20(7-4-11)10-12-8-14(17)15(18)9-13(12)16/h8-9,11,19H,2-7,10H2,1H3. The maximum absolute atomic E-state index is 13.6. The van der Waals surface area contributed by atoms with Gasteiger partial charge < -0.3 is 5.32 Å². The maximum Gasteiger partial charge on any atom is 0.161 e. The Balaban J connectivity index is 1.88. The summed E-state index contributed by atoms with van der Waals surface area (Å²) in [6.07, 6.45) is 3.31. The first-order chi connectivity index (χ1) is 9.60. The van der Waals surface area contributed by atoms with E-state index in [0.29, 0.717) is 18.5 Å². The summed E-state index contributed by atoms with van der Waals surface area (Å²) in [4.78, 5) is 2.10. The first-order valence-electron chi connectivity index (χ1n) is 7.10. The van der Waals surface area contributed by atoms with Crippen molar-refractivity contribution >= 4 is 0 Å². The van der Waals surface area contributed by atoms with E-state index in [9.17, 15) is 13.2 Å². The van der Waals surface area contributed by atoms with Crippen LogP contribution in [0.4, 0.5) is 13.2 Å². The van der Waals surface area contributed by atoms with Gasteiger partial charge in [0.2, 0.25) is 0 Å². The third-order valence-corrected chi connectivity index (χ3v) is 3.99. The lowest BCUT2D eigenvalue weighted by molar-refractivity contribution is 0.170. The summed E-state index contributed by atoms with van der Waals surface area (Å²) in [5.74, 6) is -2.07. The van der Waals surface area contributed by atoms with E-state index in [0.717, 1.165) is 45.0 Å². The highest BCUT2D eigenvalue weighted by Crippen LogP contribution is 2.23. The number of hydrogen-bond donors (Lipinski definition) is 1. The quantitative estimate of drug-likeness (QED) is 0.837. The van der Waals surface area contributed by atoms with Crippen LogP contribution in [0, 0.1) is 23.4 Å². The van der Waals surface area contributed by atoms with E-state index in [1.54, 1.807) is 0 Å². The summed E-state index contributed by atoms with van der Waals surface area (Å²) >= 11 is 0. The Kier molecular flexibility index (Phi) is 5.43. The van der Waals surface area contributed by atoms with Crippen molar-refractivity contribution in [1.29, 1.82) is 0 Å². The highest BCUT2D eigenvalue weighted by molar-refractivity contribution is 5.20. The zero-order valence-corrected chi connectivity index (χ0v) is 11.8. The molecule has 2 nitrogen and oxygen atoms in total. The van der Waals surface area contributed by atoms with E-state index in [2.05, 4.69) is 10.2 Å². The smallest absolute Gasteiger partial charge is 0.161 e. The largest absolute Gasteiger partial charge is 0.320 e. The van der Waals surface area contributed by atoms with Crippen LogP contribution in [0.15, 0.2) is 12.1 Å². The average molecular weight is 286 g/mol. The second kappa shape index (κ2) is 7.09. The molecule has 5 heteroatoms. The van der Waals surface area contributed by atoms with Crippen LogP contribution in [0.2, 0.25) is 0 Å². The fourth-order valence-electron chi connectivity index (χ4n) is 2.71. The fraction of sp³-hybridized carbons (Fsp3) is 0.600. The van der Waals surface area contributed by atoms with Crippen LogP contribution in [0.3, 0.4) is 0 Å². The minimum Gasteiger partial charge on any atom is -0.320 e. The molecular formula is C15H21F3N2. The van der Waals surface area contributed by atoms with Gasteiger partial charge in [0.1, 0.15) is 5.82 Å². The lowest BCUT2D eigenvalue weighted by Gasteiger charge is -2.32. The summed E-state index contributed by atoms with van der Waals surface area (Å²) in [6, 6.07) is 1.60. The van der Waals surface area contributed by atoms with Gasteiger partial charge in [-0.05, 0) is 57.9 Å². The van der Waals surface area contributed by atoms with E-state index in [-0.39, 0.29) is 5.56 Å². The molecule has 0 saturated carbocycles. The molecule has 0 radical (unpaired) electrons.